The van der Waals surface area contributed by atoms with Gasteiger partial charge in [-0.05, 0) is 50.3 Å². The number of nitrogens with zero attached hydrogens (tertiary/aromatic N) is 7. The van der Waals surface area contributed by atoms with E-state index in [0.717, 1.165) is 41.8 Å². The molecule has 0 unspecified atom stereocenters. The van der Waals surface area contributed by atoms with Gasteiger partial charge in [-0.3, -0.25) is 0 Å². The molecule has 0 bridgehead atoms. The van der Waals surface area contributed by atoms with E-state index in [4.69, 9.17) is 4.52 Å². The minimum atomic E-state index is 0.320. The van der Waals surface area contributed by atoms with Gasteiger partial charge in [0.1, 0.15) is 11.6 Å². The minimum Gasteiger partial charge on any atom is -0.357 e. The molecule has 1 aliphatic rings. The second-order valence-electron chi connectivity index (χ2n) is 8.62. The van der Waals surface area contributed by atoms with Gasteiger partial charge in [0.05, 0.1) is 6.54 Å². The Morgan fingerprint density at radius 3 is 2.56 bits per heavy atom. The molecule has 4 aromatic rings. The molecule has 1 fully saturated rings. The van der Waals surface area contributed by atoms with Gasteiger partial charge >= 0.3 is 0 Å². The summed E-state index contributed by atoms with van der Waals surface area (Å²) in [6.45, 7) is 9.03. The minimum absolute atomic E-state index is 0.320. The Morgan fingerprint density at radius 1 is 1.00 bits per heavy atom. The van der Waals surface area contributed by atoms with Crippen LogP contribution in [0, 0.1) is 19.8 Å². The molecule has 1 saturated heterocycles. The maximum absolute atomic E-state index is 5.44. The van der Waals surface area contributed by atoms with Crippen molar-refractivity contribution in [2.75, 3.05) is 18.0 Å². The number of benzene rings is 1. The molecule has 0 amide bonds. The van der Waals surface area contributed by atoms with Crippen molar-refractivity contribution in [3.63, 3.8) is 0 Å². The predicted octanol–water partition coefficient (Wildman–Crippen LogP) is 4.29. The van der Waals surface area contributed by atoms with E-state index in [1.807, 2.05) is 55.1 Å². The zero-order valence-corrected chi connectivity index (χ0v) is 18.7. The monoisotopic (exact) mass is 429 g/mol. The maximum atomic E-state index is 5.44. The first-order chi connectivity index (χ1) is 15.5. The zero-order valence-electron chi connectivity index (χ0n) is 18.7. The molecule has 32 heavy (non-hydrogen) atoms. The number of aromatic nitrogens is 6. The summed E-state index contributed by atoms with van der Waals surface area (Å²) in [5.74, 6) is 3.91. The van der Waals surface area contributed by atoms with E-state index >= 15 is 0 Å². The van der Waals surface area contributed by atoms with Crippen molar-refractivity contribution in [2.24, 2.45) is 5.92 Å². The van der Waals surface area contributed by atoms with Crippen LogP contribution in [-0.2, 0) is 6.54 Å². The Bertz CT molecular complexity index is 1200. The van der Waals surface area contributed by atoms with Crippen molar-refractivity contribution >= 4 is 5.82 Å². The first-order valence-electron chi connectivity index (χ1n) is 11.1. The molecule has 1 aliphatic heterocycles. The Morgan fingerprint density at radius 2 is 1.78 bits per heavy atom. The fourth-order valence-corrected chi connectivity index (χ4v) is 3.94. The molecule has 3 aromatic heterocycles. The highest BCUT2D eigenvalue weighted by Crippen LogP contribution is 2.23. The predicted molar refractivity (Wildman–Crippen MR) is 122 cm³/mol. The Kier molecular flexibility index (Phi) is 5.43. The zero-order chi connectivity index (χ0) is 22.1. The molecule has 0 spiro atoms. The average molecular weight is 430 g/mol. The summed E-state index contributed by atoms with van der Waals surface area (Å²) in [6.07, 6.45) is 4.31. The Hall–Kier alpha value is -3.55. The summed E-state index contributed by atoms with van der Waals surface area (Å²) in [7, 11) is 0. The first kappa shape index (κ1) is 20.4. The van der Waals surface area contributed by atoms with Gasteiger partial charge in [-0.1, -0.05) is 41.9 Å². The molecule has 0 N–H and O–H groups in total. The van der Waals surface area contributed by atoms with Crippen molar-refractivity contribution in [1.82, 2.24) is 29.9 Å². The third-order valence-corrected chi connectivity index (χ3v) is 6.03. The van der Waals surface area contributed by atoms with Crippen LogP contribution in [-0.4, -0.2) is 43.0 Å². The average Bonchev–Trinajstić information content (AvgIpc) is 3.42. The normalized spacial score (nSPS) is 14.8. The number of hydrogen-bond acceptors (Lipinski definition) is 7. The van der Waals surface area contributed by atoms with Crippen LogP contribution in [0.1, 0.15) is 36.7 Å². The molecule has 0 aliphatic carbocycles. The lowest BCUT2D eigenvalue weighted by Crippen LogP contribution is -2.33. The summed E-state index contributed by atoms with van der Waals surface area (Å²) in [5.41, 5.74) is 3.22. The van der Waals surface area contributed by atoms with Gasteiger partial charge in [0.25, 0.3) is 5.89 Å². The van der Waals surface area contributed by atoms with Gasteiger partial charge in [0.2, 0.25) is 11.6 Å². The number of piperidine rings is 1. The van der Waals surface area contributed by atoms with Crippen LogP contribution in [0.2, 0.25) is 0 Å². The van der Waals surface area contributed by atoms with Gasteiger partial charge in [0.15, 0.2) is 0 Å². The van der Waals surface area contributed by atoms with Gasteiger partial charge < -0.3 is 9.42 Å². The van der Waals surface area contributed by atoms with E-state index in [0.29, 0.717) is 24.1 Å². The van der Waals surface area contributed by atoms with Gasteiger partial charge in [-0.15, -0.1) is 5.10 Å². The van der Waals surface area contributed by atoms with Crippen molar-refractivity contribution < 1.29 is 4.52 Å². The summed E-state index contributed by atoms with van der Waals surface area (Å²) in [6, 6.07) is 12.2. The smallest absolute Gasteiger partial charge is 0.297 e. The van der Waals surface area contributed by atoms with Crippen molar-refractivity contribution in [3.8, 4) is 23.1 Å². The Labute approximate surface area is 187 Å². The van der Waals surface area contributed by atoms with Gasteiger partial charge in [-0.2, -0.15) is 4.98 Å². The highest BCUT2D eigenvalue weighted by molar-refractivity contribution is 5.57. The maximum Gasteiger partial charge on any atom is 0.297 e. The van der Waals surface area contributed by atoms with E-state index in [1.165, 1.54) is 18.4 Å². The highest BCUT2D eigenvalue weighted by Gasteiger charge is 2.19. The molecule has 4 heterocycles. The standard InChI is InChI=1S/C24H27N7O/c1-16-4-6-20(7-5-16)22-27-24(32-29-22)23-26-18(3)31(28-23)15-19-8-11-25-21(14-19)30-12-9-17(2)10-13-30/h4-8,11,14,17H,9-10,12-13,15H2,1-3H3. The van der Waals surface area contributed by atoms with Crippen LogP contribution in [0.5, 0.6) is 0 Å². The van der Waals surface area contributed by atoms with Crippen molar-refractivity contribution in [3.05, 3.63) is 59.5 Å². The second-order valence-corrected chi connectivity index (χ2v) is 8.62. The number of pyridine rings is 1. The lowest BCUT2D eigenvalue weighted by Gasteiger charge is -2.31. The lowest BCUT2D eigenvalue weighted by atomic mass is 9.99. The number of anilines is 1. The largest absolute Gasteiger partial charge is 0.357 e. The summed E-state index contributed by atoms with van der Waals surface area (Å²) >= 11 is 0. The number of rotatable bonds is 5. The molecule has 0 atom stereocenters. The second kappa shape index (κ2) is 8.53. The Balaban J connectivity index is 1.33. The van der Waals surface area contributed by atoms with Gasteiger partial charge in [-0.25, -0.2) is 14.6 Å². The molecular formula is C24H27N7O. The van der Waals surface area contributed by atoms with E-state index in [2.05, 4.69) is 43.1 Å². The summed E-state index contributed by atoms with van der Waals surface area (Å²) in [4.78, 5) is 16.0. The van der Waals surface area contributed by atoms with Crippen LogP contribution < -0.4 is 4.90 Å². The van der Waals surface area contributed by atoms with Gasteiger partial charge in [0, 0.05) is 24.8 Å². The summed E-state index contributed by atoms with van der Waals surface area (Å²) in [5, 5.41) is 8.72. The van der Waals surface area contributed by atoms with Crippen LogP contribution in [0.25, 0.3) is 23.1 Å². The molecule has 1 aromatic carbocycles. The molecule has 164 valence electrons. The first-order valence-corrected chi connectivity index (χ1v) is 11.1. The van der Waals surface area contributed by atoms with Crippen LogP contribution in [0.4, 0.5) is 5.82 Å². The van der Waals surface area contributed by atoms with Crippen LogP contribution in [0.15, 0.2) is 47.1 Å². The SMILES string of the molecule is Cc1ccc(-c2noc(-c3nc(C)n(Cc4ccnc(N5CCC(C)CC5)c4)n3)n2)cc1. The molecule has 8 nitrogen and oxygen atoms in total. The number of hydrogen-bond donors (Lipinski definition) is 0. The molecular weight excluding hydrogens is 402 g/mol. The molecule has 8 heteroatoms. The van der Waals surface area contributed by atoms with E-state index in [-0.39, 0.29) is 0 Å². The van der Waals surface area contributed by atoms with E-state index in [1.54, 1.807) is 0 Å². The molecule has 0 radical (unpaired) electrons. The van der Waals surface area contributed by atoms with Crippen molar-refractivity contribution in [2.45, 2.75) is 40.2 Å². The summed E-state index contributed by atoms with van der Waals surface area (Å²) < 4.78 is 7.31. The quantitative estimate of drug-likeness (QED) is 0.468. The third-order valence-electron chi connectivity index (χ3n) is 6.03. The third kappa shape index (κ3) is 4.26. The van der Waals surface area contributed by atoms with E-state index < -0.39 is 0 Å². The topological polar surface area (TPSA) is 85.8 Å². The highest BCUT2D eigenvalue weighted by atomic mass is 16.5. The van der Waals surface area contributed by atoms with Crippen molar-refractivity contribution in [1.29, 1.82) is 0 Å². The fraction of sp³-hybridized carbons (Fsp3) is 0.375. The van der Waals surface area contributed by atoms with Crippen LogP contribution >= 0.6 is 0 Å². The number of aryl methyl sites for hydroxylation is 2. The molecule has 0 saturated carbocycles. The fourth-order valence-electron chi connectivity index (χ4n) is 3.94. The van der Waals surface area contributed by atoms with Crippen LogP contribution in [0.3, 0.4) is 0 Å². The van der Waals surface area contributed by atoms with E-state index in [9.17, 15) is 0 Å². The molecule has 5 rings (SSSR count). The lowest BCUT2D eigenvalue weighted by molar-refractivity contribution is 0.429.